The maximum atomic E-state index is 12.2. The number of likely N-dealkylation sites (tertiary alicyclic amines) is 1. The van der Waals surface area contributed by atoms with Gasteiger partial charge in [0, 0.05) is 33.1 Å². The Morgan fingerprint density at radius 1 is 1.29 bits per heavy atom. The van der Waals surface area contributed by atoms with Gasteiger partial charge in [-0.25, -0.2) is 4.79 Å². The summed E-state index contributed by atoms with van der Waals surface area (Å²) >= 11 is 6.03. The summed E-state index contributed by atoms with van der Waals surface area (Å²) in [7, 11) is 1.81. The molecule has 2 rings (SSSR count). The monoisotopic (exact) mass is 309 g/mol. The number of nitrogens with zero attached hydrogens (tertiary/aromatic N) is 2. The summed E-state index contributed by atoms with van der Waals surface area (Å²) in [5.74, 6) is 0.0639. The molecule has 6 heteroatoms. The molecule has 0 bridgehead atoms. The third-order valence-electron chi connectivity index (χ3n) is 3.91. The van der Waals surface area contributed by atoms with Crippen molar-refractivity contribution < 1.29 is 9.59 Å². The molecule has 3 amide bonds. The minimum atomic E-state index is -0.146. The number of benzene rings is 1. The van der Waals surface area contributed by atoms with Gasteiger partial charge in [-0.15, -0.1) is 0 Å². The summed E-state index contributed by atoms with van der Waals surface area (Å²) in [5.41, 5.74) is 0.618. The van der Waals surface area contributed by atoms with Crippen LogP contribution in [0.25, 0.3) is 0 Å². The smallest absolute Gasteiger partial charge is 0.321 e. The number of anilines is 1. The lowest BCUT2D eigenvalue weighted by Gasteiger charge is -2.36. The predicted molar refractivity (Wildman–Crippen MR) is 83.5 cm³/mol. The van der Waals surface area contributed by atoms with Gasteiger partial charge in [-0.1, -0.05) is 23.7 Å². The molecule has 1 fully saturated rings. The van der Waals surface area contributed by atoms with Gasteiger partial charge in [0.2, 0.25) is 5.91 Å². The third kappa shape index (κ3) is 3.88. The average Bonchev–Trinajstić information content (AvgIpc) is 2.49. The minimum absolute atomic E-state index is 0.0639. The van der Waals surface area contributed by atoms with Crippen LogP contribution in [0.2, 0.25) is 5.02 Å². The van der Waals surface area contributed by atoms with Gasteiger partial charge >= 0.3 is 6.03 Å². The van der Waals surface area contributed by atoms with Crippen LogP contribution in [0.4, 0.5) is 10.5 Å². The second-order valence-electron chi connectivity index (χ2n) is 5.26. The van der Waals surface area contributed by atoms with Crippen LogP contribution < -0.4 is 5.32 Å². The van der Waals surface area contributed by atoms with Crippen molar-refractivity contribution in [3.8, 4) is 0 Å². The first-order valence-electron chi connectivity index (χ1n) is 7.03. The maximum absolute atomic E-state index is 12.2. The molecule has 1 aliphatic rings. The maximum Gasteiger partial charge on any atom is 0.321 e. The van der Waals surface area contributed by atoms with Gasteiger partial charge in [0.25, 0.3) is 0 Å². The Morgan fingerprint density at radius 2 is 1.90 bits per heavy atom. The van der Waals surface area contributed by atoms with Gasteiger partial charge in [-0.3, -0.25) is 4.79 Å². The minimum Gasteiger partial charge on any atom is -0.343 e. The summed E-state index contributed by atoms with van der Waals surface area (Å²) in [5, 5.41) is 3.35. The number of amides is 3. The zero-order chi connectivity index (χ0) is 15.4. The number of carbonyl (C=O) groups excluding carboxylic acids is 2. The molecule has 1 heterocycles. The van der Waals surface area contributed by atoms with Gasteiger partial charge in [0.15, 0.2) is 0 Å². The van der Waals surface area contributed by atoms with Crippen molar-refractivity contribution in [2.45, 2.75) is 25.8 Å². The highest BCUT2D eigenvalue weighted by molar-refractivity contribution is 6.33. The van der Waals surface area contributed by atoms with Crippen molar-refractivity contribution >= 4 is 29.2 Å². The van der Waals surface area contributed by atoms with Crippen molar-refractivity contribution in [1.82, 2.24) is 9.80 Å². The normalized spacial score (nSPS) is 15.7. The van der Waals surface area contributed by atoms with Crippen LogP contribution in [0.3, 0.4) is 0 Å². The number of hydrogen-bond donors (Lipinski definition) is 1. The largest absolute Gasteiger partial charge is 0.343 e. The van der Waals surface area contributed by atoms with E-state index in [1.807, 2.05) is 19.2 Å². The van der Waals surface area contributed by atoms with Crippen molar-refractivity contribution in [1.29, 1.82) is 0 Å². The van der Waals surface area contributed by atoms with Crippen molar-refractivity contribution in [2.24, 2.45) is 0 Å². The molecule has 0 spiro atoms. The number of carbonyl (C=O) groups is 2. The summed E-state index contributed by atoms with van der Waals surface area (Å²) in [6.45, 7) is 2.84. The SMILES string of the molecule is CC(=O)N(C)C1CCN(C(=O)Nc2ccccc2Cl)CC1. The zero-order valence-corrected chi connectivity index (χ0v) is 13.1. The van der Waals surface area contributed by atoms with E-state index in [4.69, 9.17) is 11.6 Å². The molecule has 0 aliphatic carbocycles. The van der Waals surface area contributed by atoms with Gasteiger partial charge in [0.1, 0.15) is 0 Å². The molecule has 0 unspecified atom stereocenters. The fourth-order valence-electron chi connectivity index (χ4n) is 2.47. The van der Waals surface area contributed by atoms with E-state index in [0.29, 0.717) is 23.8 Å². The van der Waals surface area contributed by atoms with Crippen LogP contribution in [-0.2, 0) is 4.79 Å². The van der Waals surface area contributed by atoms with Crippen molar-refractivity contribution in [3.63, 3.8) is 0 Å². The van der Waals surface area contributed by atoms with Gasteiger partial charge < -0.3 is 15.1 Å². The van der Waals surface area contributed by atoms with Crippen LogP contribution >= 0.6 is 11.6 Å². The lowest BCUT2D eigenvalue weighted by molar-refractivity contribution is -0.130. The summed E-state index contributed by atoms with van der Waals surface area (Å²) in [6.07, 6.45) is 1.60. The number of rotatable bonds is 2. The molecule has 21 heavy (non-hydrogen) atoms. The summed E-state index contributed by atoms with van der Waals surface area (Å²) < 4.78 is 0. The second-order valence-corrected chi connectivity index (χ2v) is 5.67. The number of hydrogen-bond acceptors (Lipinski definition) is 2. The first kappa shape index (κ1) is 15.6. The highest BCUT2D eigenvalue weighted by atomic mass is 35.5. The number of piperidine rings is 1. The lowest BCUT2D eigenvalue weighted by atomic mass is 10.0. The Hall–Kier alpha value is -1.75. The molecule has 1 aromatic rings. The molecule has 1 saturated heterocycles. The molecule has 0 aromatic heterocycles. The number of halogens is 1. The van der Waals surface area contributed by atoms with Crippen LogP contribution in [-0.4, -0.2) is 47.9 Å². The molecule has 114 valence electrons. The van der Waals surface area contributed by atoms with Crippen LogP contribution in [0.1, 0.15) is 19.8 Å². The molecule has 0 saturated carbocycles. The van der Waals surface area contributed by atoms with Crippen molar-refractivity contribution in [2.75, 3.05) is 25.5 Å². The molecule has 1 aliphatic heterocycles. The van der Waals surface area contributed by atoms with E-state index < -0.39 is 0 Å². The zero-order valence-electron chi connectivity index (χ0n) is 12.3. The third-order valence-corrected chi connectivity index (χ3v) is 4.24. The topological polar surface area (TPSA) is 52.7 Å². The fraction of sp³-hybridized carbons (Fsp3) is 0.467. The number of nitrogens with one attached hydrogen (secondary N) is 1. The lowest BCUT2D eigenvalue weighted by Crippen LogP contribution is -2.47. The van der Waals surface area contributed by atoms with Crippen LogP contribution in [0.5, 0.6) is 0 Å². The number of para-hydroxylation sites is 1. The molecular formula is C15H20ClN3O2. The molecule has 1 N–H and O–H groups in total. The first-order valence-corrected chi connectivity index (χ1v) is 7.40. The van der Waals surface area contributed by atoms with Gasteiger partial charge in [-0.05, 0) is 25.0 Å². The highest BCUT2D eigenvalue weighted by Crippen LogP contribution is 2.22. The quantitative estimate of drug-likeness (QED) is 0.913. The van der Waals surface area contributed by atoms with Crippen LogP contribution in [0.15, 0.2) is 24.3 Å². The standard InChI is InChI=1S/C15H20ClN3O2/c1-11(20)18(2)12-7-9-19(10-8-12)15(21)17-14-6-4-3-5-13(14)16/h3-6,12H,7-10H2,1-2H3,(H,17,21). The Balaban J connectivity index is 1.89. The van der Waals surface area contributed by atoms with E-state index in [0.717, 1.165) is 12.8 Å². The first-order chi connectivity index (χ1) is 9.99. The molecular weight excluding hydrogens is 290 g/mol. The molecule has 5 nitrogen and oxygen atoms in total. The Bertz CT molecular complexity index is 527. The van der Waals surface area contributed by atoms with E-state index in [2.05, 4.69) is 5.32 Å². The van der Waals surface area contributed by atoms with E-state index in [1.54, 1.807) is 28.9 Å². The fourth-order valence-corrected chi connectivity index (χ4v) is 2.65. The average molecular weight is 310 g/mol. The van der Waals surface area contributed by atoms with E-state index in [1.165, 1.54) is 0 Å². The van der Waals surface area contributed by atoms with E-state index >= 15 is 0 Å². The molecule has 0 radical (unpaired) electrons. The Morgan fingerprint density at radius 3 is 2.48 bits per heavy atom. The van der Waals surface area contributed by atoms with E-state index in [9.17, 15) is 9.59 Å². The number of urea groups is 1. The van der Waals surface area contributed by atoms with Crippen molar-refractivity contribution in [3.05, 3.63) is 29.3 Å². The molecule has 0 atom stereocenters. The highest BCUT2D eigenvalue weighted by Gasteiger charge is 2.26. The molecule has 1 aromatic carbocycles. The van der Waals surface area contributed by atoms with Crippen LogP contribution in [0, 0.1) is 0 Å². The summed E-state index contributed by atoms with van der Waals surface area (Å²) in [6, 6.07) is 7.23. The predicted octanol–water partition coefficient (Wildman–Crippen LogP) is 2.81. The Kier molecular flexibility index (Phi) is 5.07. The van der Waals surface area contributed by atoms with Gasteiger partial charge in [-0.2, -0.15) is 0 Å². The second kappa shape index (κ2) is 6.80. The summed E-state index contributed by atoms with van der Waals surface area (Å²) in [4.78, 5) is 27.1. The van der Waals surface area contributed by atoms with E-state index in [-0.39, 0.29) is 18.0 Å². The van der Waals surface area contributed by atoms with Gasteiger partial charge in [0.05, 0.1) is 10.7 Å². The Labute approximate surface area is 129 Å².